The molecule has 3 rings (SSSR count). The van der Waals surface area contributed by atoms with Gasteiger partial charge in [-0.05, 0) is 79.9 Å². The third kappa shape index (κ3) is 2.89. The highest BCUT2D eigenvalue weighted by atomic mass is 79.9. The van der Waals surface area contributed by atoms with Crippen molar-refractivity contribution in [2.75, 3.05) is 6.54 Å². The summed E-state index contributed by atoms with van der Waals surface area (Å²) in [6.07, 6.45) is 2.40. The summed E-state index contributed by atoms with van der Waals surface area (Å²) in [7, 11) is 0. The number of benzene rings is 1. The average molecular weight is 415 g/mol. The van der Waals surface area contributed by atoms with Crippen LogP contribution in [0.3, 0.4) is 0 Å². The first kappa shape index (κ1) is 14.8. The standard InChI is InChI=1S/C16H17Br2NS/c1-2-19-14(13-9-15(17)20-16(13)18)8-11-7-10-5-3-4-6-12(10)11/h3-6,9,11,14,19H,2,7-8H2,1H3. The second-order valence-corrected chi connectivity index (χ2v) is 8.97. The molecule has 20 heavy (non-hydrogen) atoms. The maximum Gasteiger partial charge on any atom is 0.0758 e. The first-order valence-electron chi connectivity index (χ1n) is 6.95. The largest absolute Gasteiger partial charge is 0.310 e. The van der Waals surface area contributed by atoms with E-state index in [-0.39, 0.29) is 0 Å². The van der Waals surface area contributed by atoms with Crippen LogP contribution >= 0.6 is 43.2 Å². The van der Waals surface area contributed by atoms with Crippen molar-refractivity contribution in [3.05, 3.63) is 54.6 Å². The van der Waals surface area contributed by atoms with Crippen molar-refractivity contribution >= 4 is 43.2 Å². The van der Waals surface area contributed by atoms with Gasteiger partial charge in [0, 0.05) is 6.04 Å². The van der Waals surface area contributed by atoms with Gasteiger partial charge in [-0.15, -0.1) is 11.3 Å². The van der Waals surface area contributed by atoms with Gasteiger partial charge in [-0.1, -0.05) is 31.2 Å². The van der Waals surface area contributed by atoms with Crippen LogP contribution < -0.4 is 5.32 Å². The van der Waals surface area contributed by atoms with Crippen molar-refractivity contribution in [1.82, 2.24) is 5.32 Å². The van der Waals surface area contributed by atoms with Crippen molar-refractivity contribution < 1.29 is 0 Å². The Morgan fingerprint density at radius 3 is 2.80 bits per heavy atom. The first-order valence-corrected chi connectivity index (χ1v) is 9.35. The SMILES string of the molecule is CCNC(CC1Cc2ccccc21)c1cc(Br)sc1Br. The van der Waals surface area contributed by atoms with Gasteiger partial charge in [-0.2, -0.15) is 0 Å². The highest BCUT2D eigenvalue weighted by Crippen LogP contribution is 2.43. The zero-order valence-corrected chi connectivity index (χ0v) is 15.3. The molecule has 0 radical (unpaired) electrons. The van der Waals surface area contributed by atoms with Crippen molar-refractivity contribution in [2.45, 2.75) is 31.7 Å². The summed E-state index contributed by atoms with van der Waals surface area (Å²) in [6, 6.07) is 11.5. The molecule has 0 amide bonds. The number of rotatable bonds is 5. The number of nitrogens with one attached hydrogen (secondary N) is 1. The fourth-order valence-corrected chi connectivity index (χ4v) is 5.99. The molecule has 1 aliphatic carbocycles. The summed E-state index contributed by atoms with van der Waals surface area (Å²) >= 11 is 9.04. The van der Waals surface area contributed by atoms with Gasteiger partial charge < -0.3 is 5.32 Å². The van der Waals surface area contributed by atoms with E-state index in [4.69, 9.17) is 0 Å². The summed E-state index contributed by atoms with van der Waals surface area (Å²) in [5.41, 5.74) is 4.45. The highest BCUT2D eigenvalue weighted by molar-refractivity contribution is 9.12. The van der Waals surface area contributed by atoms with Crippen LogP contribution in [0, 0.1) is 0 Å². The molecule has 0 fully saturated rings. The topological polar surface area (TPSA) is 12.0 Å². The Hall–Kier alpha value is -0.160. The van der Waals surface area contributed by atoms with E-state index in [9.17, 15) is 0 Å². The molecule has 1 aromatic carbocycles. The van der Waals surface area contributed by atoms with Crippen LogP contribution in [0.25, 0.3) is 0 Å². The number of halogens is 2. The molecule has 1 heterocycles. The Balaban J connectivity index is 1.78. The maximum atomic E-state index is 3.70. The lowest BCUT2D eigenvalue weighted by Crippen LogP contribution is -2.27. The smallest absolute Gasteiger partial charge is 0.0758 e. The normalized spacial score (nSPS) is 18.4. The zero-order valence-electron chi connectivity index (χ0n) is 11.3. The van der Waals surface area contributed by atoms with E-state index >= 15 is 0 Å². The molecule has 0 spiro atoms. The molecule has 1 aliphatic rings. The molecule has 106 valence electrons. The molecule has 2 unspecified atom stereocenters. The third-order valence-electron chi connectivity index (χ3n) is 3.99. The molecular formula is C16H17Br2NS. The summed E-state index contributed by atoms with van der Waals surface area (Å²) < 4.78 is 2.43. The van der Waals surface area contributed by atoms with Crippen LogP contribution in [-0.4, -0.2) is 6.54 Å². The first-order chi connectivity index (χ1) is 9.69. The van der Waals surface area contributed by atoms with E-state index < -0.39 is 0 Å². The molecule has 4 heteroatoms. The molecule has 0 aliphatic heterocycles. The number of hydrogen-bond acceptors (Lipinski definition) is 2. The molecule has 0 saturated heterocycles. The Kier molecular flexibility index (Phi) is 4.65. The Labute approximate surface area is 141 Å². The van der Waals surface area contributed by atoms with Gasteiger partial charge in [0.2, 0.25) is 0 Å². The minimum Gasteiger partial charge on any atom is -0.310 e. The monoisotopic (exact) mass is 413 g/mol. The Bertz CT molecular complexity index is 608. The highest BCUT2D eigenvalue weighted by Gasteiger charge is 2.29. The lowest BCUT2D eigenvalue weighted by Gasteiger charge is -2.33. The van der Waals surface area contributed by atoms with Crippen molar-refractivity contribution in [1.29, 1.82) is 0 Å². The molecule has 2 aromatic rings. The van der Waals surface area contributed by atoms with Crippen LogP contribution in [0.2, 0.25) is 0 Å². The third-order valence-corrected chi connectivity index (χ3v) is 6.38. The van der Waals surface area contributed by atoms with Gasteiger partial charge in [0.1, 0.15) is 0 Å². The maximum absolute atomic E-state index is 3.70. The van der Waals surface area contributed by atoms with E-state index in [0.717, 1.165) is 6.54 Å². The second kappa shape index (κ2) is 6.30. The van der Waals surface area contributed by atoms with Crippen LogP contribution in [0.1, 0.15) is 42.0 Å². The van der Waals surface area contributed by atoms with Gasteiger partial charge in [0.25, 0.3) is 0 Å². The molecule has 1 nitrogen and oxygen atoms in total. The second-order valence-electron chi connectivity index (χ2n) is 5.23. The van der Waals surface area contributed by atoms with Crippen LogP contribution in [0.15, 0.2) is 37.9 Å². The van der Waals surface area contributed by atoms with Crippen molar-refractivity contribution in [2.24, 2.45) is 0 Å². The molecule has 1 aromatic heterocycles. The van der Waals surface area contributed by atoms with Gasteiger partial charge in [-0.3, -0.25) is 0 Å². The molecule has 0 bridgehead atoms. The molecule has 1 N–H and O–H groups in total. The molecule has 2 atom stereocenters. The average Bonchev–Trinajstić information content (AvgIpc) is 2.74. The summed E-state index contributed by atoms with van der Waals surface area (Å²) in [5.74, 6) is 0.695. The minimum atomic E-state index is 0.426. The van der Waals surface area contributed by atoms with Gasteiger partial charge in [-0.25, -0.2) is 0 Å². The summed E-state index contributed by atoms with van der Waals surface area (Å²) in [4.78, 5) is 0. The quantitative estimate of drug-likeness (QED) is 0.665. The van der Waals surface area contributed by atoms with Crippen LogP contribution in [-0.2, 0) is 6.42 Å². The summed E-state index contributed by atoms with van der Waals surface area (Å²) in [6.45, 7) is 3.18. The lowest BCUT2D eigenvalue weighted by atomic mass is 9.74. The van der Waals surface area contributed by atoms with Crippen LogP contribution in [0.5, 0.6) is 0 Å². The Morgan fingerprint density at radius 1 is 1.35 bits per heavy atom. The van der Waals surface area contributed by atoms with E-state index in [1.807, 2.05) is 0 Å². The number of thiophene rings is 1. The molecule has 0 saturated carbocycles. The predicted octanol–water partition coefficient (Wildman–Crippen LogP) is 5.65. The Morgan fingerprint density at radius 2 is 2.15 bits per heavy atom. The fourth-order valence-electron chi connectivity index (χ4n) is 3.01. The fraction of sp³-hybridized carbons (Fsp3) is 0.375. The van der Waals surface area contributed by atoms with E-state index in [2.05, 4.69) is 74.4 Å². The summed E-state index contributed by atoms with van der Waals surface area (Å²) in [5, 5.41) is 3.64. The van der Waals surface area contributed by atoms with Gasteiger partial charge >= 0.3 is 0 Å². The number of fused-ring (bicyclic) bond motifs is 1. The van der Waals surface area contributed by atoms with Crippen molar-refractivity contribution in [3.8, 4) is 0 Å². The van der Waals surface area contributed by atoms with Crippen molar-refractivity contribution in [3.63, 3.8) is 0 Å². The van der Waals surface area contributed by atoms with E-state index in [1.54, 1.807) is 16.9 Å². The van der Waals surface area contributed by atoms with E-state index in [1.165, 1.54) is 31.5 Å². The van der Waals surface area contributed by atoms with Crippen LogP contribution in [0.4, 0.5) is 0 Å². The zero-order chi connectivity index (χ0) is 14.1. The van der Waals surface area contributed by atoms with Gasteiger partial charge in [0.05, 0.1) is 7.57 Å². The predicted molar refractivity (Wildman–Crippen MR) is 93.6 cm³/mol. The lowest BCUT2D eigenvalue weighted by molar-refractivity contribution is 0.435. The van der Waals surface area contributed by atoms with E-state index in [0.29, 0.717) is 12.0 Å². The van der Waals surface area contributed by atoms with Gasteiger partial charge in [0.15, 0.2) is 0 Å². The molecular weight excluding hydrogens is 398 g/mol. The minimum absolute atomic E-state index is 0.426. The number of hydrogen-bond donors (Lipinski definition) is 1.